The van der Waals surface area contributed by atoms with Crippen molar-refractivity contribution in [2.24, 2.45) is 17.6 Å². The number of piperidine rings is 1. The quantitative estimate of drug-likeness (QED) is 0.797. The minimum Gasteiger partial charge on any atom is -0.389 e. The van der Waals surface area contributed by atoms with Gasteiger partial charge in [0.25, 0.3) is 0 Å². The minimum atomic E-state index is -0.589. The molecule has 2 atom stereocenters. The summed E-state index contributed by atoms with van der Waals surface area (Å²) in [6, 6.07) is 16.4. The summed E-state index contributed by atoms with van der Waals surface area (Å²) in [7, 11) is 0. The van der Waals surface area contributed by atoms with Crippen LogP contribution in [-0.4, -0.2) is 41.1 Å². The number of primary amides is 1. The second-order valence-corrected chi connectivity index (χ2v) is 9.41. The van der Waals surface area contributed by atoms with Crippen LogP contribution >= 0.6 is 0 Å². The first-order chi connectivity index (χ1) is 13.9. The number of likely N-dealkylation sites (tertiary alicyclic amines) is 1. The van der Waals surface area contributed by atoms with Crippen LogP contribution in [0.4, 0.5) is 0 Å². The lowest BCUT2D eigenvalue weighted by molar-refractivity contribution is 0.0318. The van der Waals surface area contributed by atoms with Gasteiger partial charge in [-0.25, -0.2) is 0 Å². The molecule has 5 rings (SSSR count). The number of nitrogens with two attached hydrogens (primary N) is 1. The summed E-state index contributed by atoms with van der Waals surface area (Å²) in [4.78, 5) is 14.1. The first kappa shape index (κ1) is 18.8. The Balaban J connectivity index is 1.22. The Bertz CT molecular complexity index is 916. The van der Waals surface area contributed by atoms with Crippen molar-refractivity contribution < 1.29 is 9.90 Å². The monoisotopic (exact) mass is 390 g/mol. The van der Waals surface area contributed by atoms with E-state index >= 15 is 0 Å². The summed E-state index contributed by atoms with van der Waals surface area (Å²) < 4.78 is 0. The van der Waals surface area contributed by atoms with Crippen LogP contribution in [-0.2, 0) is 18.3 Å². The van der Waals surface area contributed by atoms with Gasteiger partial charge in [0, 0.05) is 43.5 Å². The number of hydrogen-bond donors (Lipinski definition) is 2. The molecule has 4 heteroatoms. The Labute approximate surface area is 172 Å². The van der Waals surface area contributed by atoms with Crippen molar-refractivity contribution in [3.8, 4) is 0 Å². The van der Waals surface area contributed by atoms with Gasteiger partial charge in [-0.1, -0.05) is 43.3 Å². The van der Waals surface area contributed by atoms with E-state index in [0.717, 1.165) is 45.3 Å². The number of fused-ring (bicyclic) bond motifs is 2. The predicted octanol–water partition coefficient (Wildman–Crippen LogP) is 2.91. The zero-order valence-corrected chi connectivity index (χ0v) is 17.1. The Kier molecular flexibility index (Phi) is 4.34. The lowest BCUT2D eigenvalue weighted by atomic mass is 9.86. The highest BCUT2D eigenvalue weighted by molar-refractivity contribution is 5.93. The lowest BCUT2D eigenvalue weighted by Gasteiger charge is -2.29. The third kappa shape index (κ3) is 3.01. The Morgan fingerprint density at radius 2 is 1.76 bits per heavy atom. The van der Waals surface area contributed by atoms with Crippen LogP contribution in [0.5, 0.6) is 0 Å². The van der Waals surface area contributed by atoms with Gasteiger partial charge in [-0.05, 0) is 53.5 Å². The average molecular weight is 391 g/mol. The van der Waals surface area contributed by atoms with E-state index in [1.54, 1.807) is 6.07 Å². The van der Waals surface area contributed by atoms with Gasteiger partial charge in [-0.15, -0.1) is 0 Å². The molecule has 1 aliphatic heterocycles. The lowest BCUT2D eigenvalue weighted by Crippen LogP contribution is -2.37. The summed E-state index contributed by atoms with van der Waals surface area (Å²) in [5.41, 5.74) is 9.60. The van der Waals surface area contributed by atoms with Crippen LogP contribution in [0.3, 0.4) is 0 Å². The maximum Gasteiger partial charge on any atom is 0.248 e. The molecule has 2 aromatic carbocycles. The van der Waals surface area contributed by atoms with Gasteiger partial charge in [0.15, 0.2) is 0 Å². The topological polar surface area (TPSA) is 66.6 Å². The molecule has 2 aliphatic carbocycles. The SMILES string of the molecule is CCC1(c2cccc(C(N)=O)c2)C2CN(CCC3(O)Cc4ccccc4C3)CC21. The fourth-order valence-corrected chi connectivity index (χ4v) is 6.33. The second-order valence-electron chi connectivity index (χ2n) is 9.41. The zero-order chi connectivity index (χ0) is 20.2. The number of benzene rings is 2. The van der Waals surface area contributed by atoms with Crippen molar-refractivity contribution in [1.29, 1.82) is 0 Å². The largest absolute Gasteiger partial charge is 0.389 e. The Morgan fingerprint density at radius 1 is 1.10 bits per heavy atom. The van der Waals surface area contributed by atoms with E-state index in [0.29, 0.717) is 17.4 Å². The zero-order valence-electron chi connectivity index (χ0n) is 17.1. The van der Waals surface area contributed by atoms with E-state index in [9.17, 15) is 9.90 Å². The molecule has 29 heavy (non-hydrogen) atoms. The molecule has 0 radical (unpaired) electrons. The first-order valence-corrected chi connectivity index (χ1v) is 10.9. The van der Waals surface area contributed by atoms with Crippen molar-refractivity contribution in [2.45, 2.75) is 43.6 Å². The highest BCUT2D eigenvalue weighted by Crippen LogP contribution is 2.65. The third-order valence-corrected chi connectivity index (χ3v) is 7.93. The number of carbonyl (C=O) groups is 1. The fourth-order valence-electron chi connectivity index (χ4n) is 6.33. The molecule has 1 saturated heterocycles. The number of carbonyl (C=O) groups excluding carboxylic acids is 1. The van der Waals surface area contributed by atoms with E-state index in [1.807, 2.05) is 12.1 Å². The highest BCUT2D eigenvalue weighted by atomic mass is 16.3. The molecule has 3 aliphatic rings. The summed E-state index contributed by atoms with van der Waals surface area (Å²) in [5.74, 6) is 0.938. The summed E-state index contributed by atoms with van der Waals surface area (Å²) in [6.45, 7) is 5.39. The van der Waals surface area contributed by atoms with Gasteiger partial charge >= 0.3 is 0 Å². The third-order valence-electron chi connectivity index (χ3n) is 7.93. The van der Waals surface area contributed by atoms with Crippen LogP contribution < -0.4 is 5.73 Å². The number of nitrogens with zero attached hydrogens (tertiary/aromatic N) is 1. The van der Waals surface area contributed by atoms with Crippen molar-refractivity contribution in [1.82, 2.24) is 4.90 Å². The fraction of sp³-hybridized carbons (Fsp3) is 0.480. The predicted molar refractivity (Wildman–Crippen MR) is 114 cm³/mol. The van der Waals surface area contributed by atoms with E-state index in [4.69, 9.17) is 5.73 Å². The van der Waals surface area contributed by atoms with Crippen LogP contribution in [0, 0.1) is 11.8 Å². The molecule has 152 valence electrons. The minimum absolute atomic E-state index is 0.197. The van der Waals surface area contributed by atoms with Crippen LogP contribution in [0.1, 0.15) is 46.8 Å². The summed E-state index contributed by atoms with van der Waals surface area (Å²) >= 11 is 0. The van der Waals surface area contributed by atoms with Gasteiger partial charge < -0.3 is 15.7 Å². The van der Waals surface area contributed by atoms with Crippen LogP contribution in [0.15, 0.2) is 48.5 Å². The van der Waals surface area contributed by atoms with Gasteiger partial charge in [-0.2, -0.15) is 0 Å². The molecule has 3 N–H and O–H groups in total. The van der Waals surface area contributed by atoms with Crippen molar-refractivity contribution in [2.75, 3.05) is 19.6 Å². The van der Waals surface area contributed by atoms with Gasteiger partial charge in [0.1, 0.15) is 0 Å². The summed E-state index contributed by atoms with van der Waals surface area (Å²) in [6.07, 6.45) is 3.49. The Hall–Kier alpha value is -2.17. The van der Waals surface area contributed by atoms with Crippen molar-refractivity contribution in [3.05, 3.63) is 70.8 Å². The number of amides is 1. The molecule has 1 heterocycles. The molecule has 1 amide bonds. The highest BCUT2D eigenvalue weighted by Gasteiger charge is 2.67. The van der Waals surface area contributed by atoms with Crippen molar-refractivity contribution in [3.63, 3.8) is 0 Å². The maximum absolute atomic E-state index is 11.6. The number of rotatable bonds is 6. The van der Waals surface area contributed by atoms with E-state index in [1.165, 1.54) is 16.7 Å². The first-order valence-electron chi connectivity index (χ1n) is 10.9. The van der Waals surface area contributed by atoms with Gasteiger partial charge in [0.2, 0.25) is 5.91 Å². The maximum atomic E-state index is 11.6. The molecule has 0 spiro atoms. The van der Waals surface area contributed by atoms with E-state index < -0.39 is 5.60 Å². The molecule has 0 aromatic heterocycles. The standard InChI is InChI=1S/C25H30N2O2/c1-2-25(20-9-5-8-17(12-20)23(26)28)21-15-27(16-22(21)25)11-10-24(29)13-18-6-3-4-7-19(18)14-24/h3-9,12,21-22,29H,2,10-11,13-16H2,1H3,(H2,26,28). The summed E-state index contributed by atoms with van der Waals surface area (Å²) in [5, 5.41) is 11.1. The van der Waals surface area contributed by atoms with Gasteiger partial charge in [0.05, 0.1) is 5.60 Å². The molecular formula is C25H30N2O2. The van der Waals surface area contributed by atoms with E-state index in [2.05, 4.69) is 42.2 Å². The number of aliphatic hydroxyl groups is 1. The molecular weight excluding hydrogens is 360 g/mol. The molecule has 4 nitrogen and oxygen atoms in total. The normalized spacial score (nSPS) is 29.4. The van der Waals surface area contributed by atoms with Crippen LogP contribution in [0.2, 0.25) is 0 Å². The van der Waals surface area contributed by atoms with Crippen LogP contribution in [0.25, 0.3) is 0 Å². The van der Waals surface area contributed by atoms with E-state index in [-0.39, 0.29) is 11.3 Å². The molecule has 0 bridgehead atoms. The molecule has 2 fully saturated rings. The molecule has 1 saturated carbocycles. The Morgan fingerprint density at radius 3 is 2.34 bits per heavy atom. The average Bonchev–Trinajstić information content (AvgIpc) is 3.01. The van der Waals surface area contributed by atoms with Gasteiger partial charge in [-0.3, -0.25) is 4.79 Å². The smallest absolute Gasteiger partial charge is 0.248 e. The second kappa shape index (κ2) is 6.68. The molecule has 2 aromatic rings. The molecule has 2 unspecified atom stereocenters. The number of hydrogen-bond acceptors (Lipinski definition) is 3. The van der Waals surface area contributed by atoms with Crippen molar-refractivity contribution >= 4 is 5.91 Å².